The van der Waals surface area contributed by atoms with Gasteiger partial charge in [-0.2, -0.15) is 0 Å². The molecule has 8 N–H and O–H groups in total. The average Bonchev–Trinajstić information content (AvgIpc) is 3.26. The molecule has 0 aliphatic heterocycles. The van der Waals surface area contributed by atoms with Gasteiger partial charge in [-0.25, -0.2) is 4.79 Å². The Labute approximate surface area is 210 Å². The van der Waals surface area contributed by atoms with Crippen molar-refractivity contribution in [1.82, 2.24) is 20.9 Å². The Balaban J connectivity index is 2.31. The maximum atomic E-state index is 13.4. The average molecular weight is 504 g/mol. The van der Waals surface area contributed by atoms with Crippen LogP contribution in [0.15, 0.2) is 30.5 Å². The molecule has 3 amide bonds. The van der Waals surface area contributed by atoms with Crippen molar-refractivity contribution in [3.63, 3.8) is 0 Å². The van der Waals surface area contributed by atoms with Gasteiger partial charge in [0, 0.05) is 23.5 Å². The van der Waals surface area contributed by atoms with E-state index in [0.29, 0.717) is 6.42 Å². The molecule has 36 heavy (non-hydrogen) atoms. The van der Waals surface area contributed by atoms with Gasteiger partial charge in [-0.05, 0) is 23.5 Å². The molecule has 11 heteroatoms. The molecule has 5 unspecified atom stereocenters. The number of para-hydroxylation sites is 1. The fourth-order valence-corrected chi connectivity index (χ4v) is 3.80. The maximum absolute atomic E-state index is 13.4. The Bertz CT molecular complexity index is 1070. The highest BCUT2D eigenvalue weighted by molar-refractivity contribution is 5.95. The van der Waals surface area contributed by atoms with Gasteiger partial charge in [0.15, 0.2) is 0 Å². The summed E-state index contributed by atoms with van der Waals surface area (Å²) in [6.07, 6.45) is 2.37. The van der Waals surface area contributed by atoms with Gasteiger partial charge in [0.05, 0.1) is 6.61 Å². The second-order valence-corrected chi connectivity index (χ2v) is 9.35. The van der Waals surface area contributed by atoms with E-state index in [1.807, 2.05) is 31.2 Å². The summed E-state index contributed by atoms with van der Waals surface area (Å²) in [6.45, 7) is 6.36. The summed E-state index contributed by atoms with van der Waals surface area (Å²) < 4.78 is 0. The second-order valence-electron chi connectivity index (χ2n) is 9.35. The largest absolute Gasteiger partial charge is 0.480 e. The predicted octanol–water partition coefficient (Wildman–Crippen LogP) is 0.271. The van der Waals surface area contributed by atoms with E-state index in [-0.39, 0.29) is 18.3 Å². The van der Waals surface area contributed by atoms with Gasteiger partial charge in [-0.15, -0.1) is 0 Å². The molecule has 1 aromatic carbocycles. The zero-order valence-electron chi connectivity index (χ0n) is 21.1. The van der Waals surface area contributed by atoms with Gasteiger partial charge in [0.2, 0.25) is 17.7 Å². The third kappa shape index (κ3) is 7.28. The van der Waals surface area contributed by atoms with Crippen molar-refractivity contribution in [1.29, 1.82) is 0 Å². The third-order valence-electron chi connectivity index (χ3n) is 6.29. The number of aromatic amines is 1. The Morgan fingerprint density at radius 1 is 0.972 bits per heavy atom. The van der Waals surface area contributed by atoms with Gasteiger partial charge in [0.25, 0.3) is 0 Å². The molecule has 1 aromatic heterocycles. The zero-order valence-corrected chi connectivity index (χ0v) is 21.1. The molecular formula is C25H37N5O6. The molecule has 198 valence electrons. The topological polar surface area (TPSA) is 187 Å². The van der Waals surface area contributed by atoms with Gasteiger partial charge in [-0.1, -0.05) is 52.3 Å². The zero-order chi connectivity index (χ0) is 27.0. The lowest BCUT2D eigenvalue weighted by atomic mass is 9.95. The van der Waals surface area contributed by atoms with Gasteiger partial charge in [0.1, 0.15) is 24.2 Å². The molecule has 11 nitrogen and oxygen atoms in total. The van der Waals surface area contributed by atoms with Crippen molar-refractivity contribution in [3.8, 4) is 0 Å². The number of nitrogens with one attached hydrogen (secondary N) is 4. The van der Waals surface area contributed by atoms with Crippen molar-refractivity contribution >= 4 is 34.6 Å². The van der Waals surface area contributed by atoms with Crippen LogP contribution < -0.4 is 21.7 Å². The van der Waals surface area contributed by atoms with Gasteiger partial charge < -0.3 is 36.9 Å². The number of hydrogen-bond donors (Lipinski definition) is 7. The first-order chi connectivity index (χ1) is 17.0. The maximum Gasteiger partial charge on any atom is 0.326 e. The van der Waals surface area contributed by atoms with Crippen LogP contribution in [-0.2, 0) is 25.6 Å². The van der Waals surface area contributed by atoms with Crippen LogP contribution in [0, 0.1) is 11.8 Å². The molecule has 2 rings (SSSR count). The van der Waals surface area contributed by atoms with Crippen molar-refractivity contribution in [2.45, 2.75) is 64.7 Å². The summed E-state index contributed by atoms with van der Waals surface area (Å²) in [5.41, 5.74) is 7.26. The summed E-state index contributed by atoms with van der Waals surface area (Å²) >= 11 is 0. The van der Waals surface area contributed by atoms with Gasteiger partial charge >= 0.3 is 5.97 Å². The second kappa shape index (κ2) is 13.0. The monoisotopic (exact) mass is 503 g/mol. The number of carbonyl (C=O) groups excluding carboxylic acids is 3. The lowest BCUT2D eigenvalue weighted by Gasteiger charge is -2.28. The fourth-order valence-electron chi connectivity index (χ4n) is 3.80. The van der Waals surface area contributed by atoms with E-state index in [1.165, 1.54) is 0 Å². The Kier molecular flexibility index (Phi) is 10.4. The number of nitrogens with two attached hydrogens (primary N) is 1. The number of amides is 3. The first-order valence-electron chi connectivity index (χ1n) is 12.0. The van der Waals surface area contributed by atoms with Crippen LogP contribution in [0.1, 0.15) is 39.7 Å². The lowest BCUT2D eigenvalue weighted by Crippen LogP contribution is -2.59. The molecule has 0 aliphatic carbocycles. The van der Waals surface area contributed by atoms with Crippen LogP contribution in [0.2, 0.25) is 0 Å². The molecule has 0 saturated carbocycles. The van der Waals surface area contributed by atoms with Crippen molar-refractivity contribution in [2.75, 3.05) is 6.61 Å². The van der Waals surface area contributed by atoms with Crippen LogP contribution >= 0.6 is 0 Å². The number of H-pyrrole nitrogens is 1. The van der Waals surface area contributed by atoms with Crippen LogP contribution in [-0.4, -0.2) is 69.7 Å². The van der Waals surface area contributed by atoms with Crippen molar-refractivity contribution < 1.29 is 29.4 Å². The van der Waals surface area contributed by atoms with E-state index in [0.717, 1.165) is 16.5 Å². The lowest BCUT2D eigenvalue weighted by molar-refractivity contribution is -0.144. The summed E-state index contributed by atoms with van der Waals surface area (Å²) in [5.74, 6) is -3.82. The molecule has 0 aliphatic rings. The van der Waals surface area contributed by atoms with Crippen LogP contribution in [0.3, 0.4) is 0 Å². The predicted molar refractivity (Wildman–Crippen MR) is 135 cm³/mol. The van der Waals surface area contributed by atoms with E-state index in [2.05, 4.69) is 20.9 Å². The number of carboxylic acid groups (broad SMARTS) is 1. The van der Waals surface area contributed by atoms with Crippen LogP contribution in [0.25, 0.3) is 10.9 Å². The molecule has 2 aromatic rings. The smallest absolute Gasteiger partial charge is 0.326 e. The number of fused-ring (bicyclic) bond motifs is 1. The number of carboxylic acids is 1. The summed E-state index contributed by atoms with van der Waals surface area (Å²) in [4.78, 5) is 53.6. The van der Waals surface area contributed by atoms with Crippen LogP contribution in [0.5, 0.6) is 0 Å². The van der Waals surface area contributed by atoms with E-state index >= 15 is 0 Å². The highest BCUT2D eigenvalue weighted by Gasteiger charge is 2.33. The minimum absolute atomic E-state index is 0.0956. The number of aliphatic hydroxyl groups excluding tert-OH is 1. The normalized spacial score (nSPS) is 15.5. The van der Waals surface area contributed by atoms with E-state index in [4.69, 9.17) is 5.73 Å². The number of hydrogen-bond acceptors (Lipinski definition) is 6. The van der Waals surface area contributed by atoms with Crippen LogP contribution in [0.4, 0.5) is 0 Å². The number of aliphatic carboxylic acids is 1. The number of benzene rings is 1. The molecule has 0 radical (unpaired) electrons. The molecule has 0 fully saturated rings. The van der Waals surface area contributed by atoms with Crippen molar-refractivity contribution in [3.05, 3.63) is 36.0 Å². The van der Waals surface area contributed by atoms with E-state index in [9.17, 15) is 29.4 Å². The molecule has 0 bridgehead atoms. The quantitative estimate of drug-likeness (QED) is 0.204. The minimum Gasteiger partial charge on any atom is -0.480 e. The molecular weight excluding hydrogens is 466 g/mol. The highest BCUT2D eigenvalue weighted by atomic mass is 16.4. The first kappa shape index (κ1) is 28.8. The van der Waals surface area contributed by atoms with Gasteiger partial charge in [-0.3, -0.25) is 14.4 Å². The fraction of sp³-hybridized carbons (Fsp3) is 0.520. The summed E-state index contributed by atoms with van der Waals surface area (Å²) in [5, 5.41) is 27.4. The molecule has 5 atom stereocenters. The van der Waals surface area contributed by atoms with Crippen molar-refractivity contribution in [2.24, 2.45) is 17.6 Å². The Morgan fingerprint density at radius 2 is 1.61 bits per heavy atom. The highest BCUT2D eigenvalue weighted by Crippen LogP contribution is 2.19. The minimum atomic E-state index is -1.22. The molecule has 0 saturated heterocycles. The molecule has 1 heterocycles. The summed E-state index contributed by atoms with van der Waals surface area (Å²) in [7, 11) is 0. The third-order valence-corrected chi connectivity index (χ3v) is 6.29. The van der Waals surface area contributed by atoms with E-state index < -0.39 is 54.5 Å². The first-order valence-corrected chi connectivity index (χ1v) is 12.0. The Morgan fingerprint density at radius 3 is 2.19 bits per heavy atom. The number of carbonyl (C=O) groups is 4. The number of aromatic nitrogens is 1. The SMILES string of the molecule is CCC(C)C(NC(=O)C(Cc1c[nH]c2ccccc12)NC(=O)C(N)CO)C(=O)NC(C(=O)O)C(C)C. The van der Waals surface area contributed by atoms with E-state index in [1.54, 1.807) is 27.0 Å². The Hall–Kier alpha value is -3.44. The standard InChI is InChI=1S/C25H37N5O6/c1-5-14(4)21(24(34)29-20(13(2)3)25(35)36)30-23(33)19(28-22(32)17(26)12-31)10-15-11-27-18-9-7-6-8-16(15)18/h6-9,11,13-14,17,19-21,27,31H,5,10,12,26H2,1-4H3,(H,28,32)(H,29,34)(H,30,33)(H,35,36). The molecule has 0 spiro atoms. The number of rotatable bonds is 13. The number of aliphatic hydroxyl groups is 1. The summed E-state index contributed by atoms with van der Waals surface area (Å²) in [6, 6.07) is 3.00.